The Morgan fingerprint density at radius 3 is 2.23 bits per heavy atom. The smallest absolute Gasteiger partial charge is 0.220 e. The third kappa shape index (κ3) is 6.62. The second-order valence-corrected chi connectivity index (χ2v) is 3.74. The van der Waals surface area contributed by atoms with Crippen LogP contribution < -0.4 is 5.73 Å². The van der Waals surface area contributed by atoms with Crippen molar-refractivity contribution < 1.29 is 4.79 Å². The van der Waals surface area contributed by atoms with Crippen LogP contribution in [0.1, 0.15) is 58.8 Å². The SMILES string of the molecule is CCCCCCC(CCC)C(N)=O. The maximum absolute atomic E-state index is 11.0. The highest BCUT2D eigenvalue weighted by molar-refractivity contribution is 5.76. The summed E-state index contributed by atoms with van der Waals surface area (Å²) < 4.78 is 0. The van der Waals surface area contributed by atoms with Crippen LogP contribution >= 0.6 is 0 Å². The number of amides is 1. The normalized spacial score (nSPS) is 12.8. The summed E-state index contributed by atoms with van der Waals surface area (Å²) in [5.74, 6) is 0.0141. The Hall–Kier alpha value is -0.530. The van der Waals surface area contributed by atoms with E-state index >= 15 is 0 Å². The third-order valence-electron chi connectivity index (χ3n) is 2.45. The van der Waals surface area contributed by atoms with Crippen molar-refractivity contribution in [1.82, 2.24) is 0 Å². The summed E-state index contributed by atoms with van der Waals surface area (Å²) >= 11 is 0. The summed E-state index contributed by atoms with van der Waals surface area (Å²) in [6.45, 7) is 4.29. The van der Waals surface area contributed by atoms with Gasteiger partial charge in [0.05, 0.1) is 0 Å². The molecule has 78 valence electrons. The van der Waals surface area contributed by atoms with Crippen LogP contribution in [0.3, 0.4) is 0 Å². The van der Waals surface area contributed by atoms with Gasteiger partial charge in [-0.2, -0.15) is 0 Å². The van der Waals surface area contributed by atoms with Gasteiger partial charge in [0.1, 0.15) is 0 Å². The molecule has 0 saturated carbocycles. The molecule has 0 bridgehead atoms. The average Bonchev–Trinajstić information content (AvgIpc) is 2.10. The van der Waals surface area contributed by atoms with E-state index in [-0.39, 0.29) is 11.8 Å². The molecule has 0 aromatic carbocycles. The van der Waals surface area contributed by atoms with Gasteiger partial charge in [-0.3, -0.25) is 4.79 Å². The van der Waals surface area contributed by atoms with Crippen molar-refractivity contribution in [3.05, 3.63) is 0 Å². The van der Waals surface area contributed by atoms with E-state index in [9.17, 15) is 4.79 Å². The molecule has 1 amide bonds. The van der Waals surface area contributed by atoms with E-state index in [4.69, 9.17) is 5.73 Å². The fourth-order valence-electron chi connectivity index (χ4n) is 1.59. The van der Waals surface area contributed by atoms with Gasteiger partial charge < -0.3 is 5.73 Å². The standard InChI is InChI=1S/C11H23NO/c1-3-5-6-7-9-10(8-4-2)11(12)13/h10H,3-9H2,1-2H3,(H2,12,13). The molecule has 2 N–H and O–H groups in total. The van der Waals surface area contributed by atoms with E-state index in [1.54, 1.807) is 0 Å². The van der Waals surface area contributed by atoms with Crippen molar-refractivity contribution in [2.24, 2.45) is 11.7 Å². The first-order valence-electron chi connectivity index (χ1n) is 5.51. The van der Waals surface area contributed by atoms with Gasteiger partial charge in [-0.25, -0.2) is 0 Å². The number of primary amides is 1. The molecule has 0 aromatic heterocycles. The van der Waals surface area contributed by atoms with Crippen LogP contribution in [0.2, 0.25) is 0 Å². The molecule has 0 aliphatic rings. The summed E-state index contributed by atoms with van der Waals surface area (Å²) in [6, 6.07) is 0. The largest absolute Gasteiger partial charge is 0.369 e. The van der Waals surface area contributed by atoms with E-state index in [2.05, 4.69) is 13.8 Å². The van der Waals surface area contributed by atoms with Crippen molar-refractivity contribution in [2.75, 3.05) is 0 Å². The van der Waals surface area contributed by atoms with Crippen molar-refractivity contribution >= 4 is 5.91 Å². The first-order chi connectivity index (χ1) is 6.22. The zero-order valence-corrected chi connectivity index (χ0v) is 9.01. The molecule has 0 rings (SSSR count). The molecule has 1 unspecified atom stereocenters. The first-order valence-corrected chi connectivity index (χ1v) is 5.51. The monoisotopic (exact) mass is 185 g/mol. The minimum absolute atomic E-state index is 0.113. The summed E-state index contributed by atoms with van der Waals surface area (Å²) in [6.07, 6.45) is 7.92. The fourth-order valence-corrected chi connectivity index (χ4v) is 1.59. The Morgan fingerprint density at radius 1 is 1.08 bits per heavy atom. The van der Waals surface area contributed by atoms with Gasteiger partial charge in [-0.05, 0) is 12.8 Å². The third-order valence-corrected chi connectivity index (χ3v) is 2.45. The summed E-state index contributed by atoms with van der Waals surface area (Å²) in [4.78, 5) is 11.0. The lowest BCUT2D eigenvalue weighted by molar-refractivity contribution is -0.122. The number of nitrogens with two attached hydrogens (primary N) is 1. The predicted molar refractivity (Wildman–Crippen MR) is 56.4 cm³/mol. The number of rotatable bonds is 8. The van der Waals surface area contributed by atoms with Crippen molar-refractivity contribution in [3.8, 4) is 0 Å². The molecule has 0 radical (unpaired) electrons. The van der Waals surface area contributed by atoms with Crippen LogP contribution in [-0.2, 0) is 4.79 Å². The molecule has 0 aliphatic carbocycles. The lowest BCUT2D eigenvalue weighted by atomic mass is 9.96. The lowest BCUT2D eigenvalue weighted by Crippen LogP contribution is -2.23. The highest BCUT2D eigenvalue weighted by Gasteiger charge is 2.12. The summed E-state index contributed by atoms with van der Waals surface area (Å²) in [5, 5.41) is 0. The molecule has 2 heteroatoms. The Morgan fingerprint density at radius 2 is 1.77 bits per heavy atom. The lowest BCUT2D eigenvalue weighted by Gasteiger charge is -2.11. The topological polar surface area (TPSA) is 43.1 Å². The summed E-state index contributed by atoms with van der Waals surface area (Å²) in [5.41, 5.74) is 5.30. The molecule has 0 saturated heterocycles. The van der Waals surface area contributed by atoms with E-state index in [0.717, 1.165) is 25.7 Å². The number of carbonyl (C=O) groups is 1. The van der Waals surface area contributed by atoms with Gasteiger partial charge in [0.15, 0.2) is 0 Å². The van der Waals surface area contributed by atoms with Crippen LogP contribution in [0.4, 0.5) is 0 Å². The van der Waals surface area contributed by atoms with Crippen molar-refractivity contribution in [2.45, 2.75) is 58.8 Å². The van der Waals surface area contributed by atoms with E-state index in [1.807, 2.05) is 0 Å². The molecule has 0 aliphatic heterocycles. The molecule has 0 fully saturated rings. The molecule has 0 aromatic rings. The van der Waals surface area contributed by atoms with Gasteiger partial charge in [0, 0.05) is 5.92 Å². The second-order valence-electron chi connectivity index (χ2n) is 3.74. The molecule has 0 heterocycles. The van der Waals surface area contributed by atoms with E-state index in [1.165, 1.54) is 19.3 Å². The highest BCUT2D eigenvalue weighted by Crippen LogP contribution is 2.15. The number of unbranched alkanes of at least 4 members (excludes halogenated alkanes) is 3. The zero-order chi connectivity index (χ0) is 10.1. The van der Waals surface area contributed by atoms with Crippen LogP contribution in [0, 0.1) is 5.92 Å². The Labute approximate surface area is 81.9 Å². The number of hydrogen-bond acceptors (Lipinski definition) is 1. The second kappa shape index (κ2) is 8.09. The van der Waals surface area contributed by atoms with Crippen molar-refractivity contribution in [3.63, 3.8) is 0 Å². The van der Waals surface area contributed by atoms with Gasteiger partial charge in [-0.1, -0.05) is 46.0 Å². The van der Waals surface area contributed by atoms with Crippen LogP contribution in [0.5, 0.6) is 0 Å². The molecule has 1 atom stereocenters. The molecule has 0 spiro atoms. The van der Waals surface area contributed by atoms with Gasteiger partial charge in [0.25, 0.3) is 0 Å². The fraction of sp³-hybridized carbons (Fsp3) is 0.909. The van der Waals surface area contributed by atoms with Crippen LogP contribution in [-0.4, -0.2) is 5.91 Å². The van der Waals surface area contributed by atoms with Gasteiger partial charge in [0.2, 0.25) is 5.91 Å². The Bertz CT molecular complexity index is 134. The maximum atomic E-state index is 11.0. The quantitative estimate of drug-likeness (QED) is 0.580. The van der Waals surface area contributed by atoms with Crippen molar-refractivity contribution in [1.29, 1.82) is 0 Å². The summed E-state index contributed by atoms with van der Waals surface area (Å²) in [7, 11) is 0. The van der Waals surface area contributed by atoms with Gasteiger partial charge in [-0.15, -0.1) is 0 Å². The predicted octanol–water partition coefficient (Wildman–Crippen LogP) is 2.86. The number of carbonyl (C=O) groups excluding carboxylic acids is 1. The number of hydrogen-bond donors (Lipinski definition) is 1. The molecular formula is C11H23NO. The average molecular weight is 185 g/mol. The zero-order valence-electron chi connectivity index (χ0n) is 9.01. The van der Waals surface area contributed by atoms with E-state index < -0.39 is 0 Å². The molecule has 2 nitrogen and oxygen atoms in total. The highest BCUT2D eigenvalue weighted by atomic mass is 16.1. The Kier molecular flexibility index (Phi) is 7.76. The van der Waals surface area contributed by atoms with E-state index in [0.29, 0.717) is 0 Å². The maximum Gasteiger partial charge on any atom is 0.220 e. The molecule has 13 heavy (non-hydrogen) atoms. The first kappa shape index (κ1) is 12.5. The Balaban J connectivity index is 3.51. The van der Waals surface area contributed by atoms with Gasteiger partial charge >= 0.3 is 0 Å². The minimum Gasteiger partial charge on any atom is -0.369 e. The minimum atomic E-state index is -0.113. The van der Waals surface area contributed by atoms with Crippen LogP contribution in [0.25, 0.3) is 0 Å². The van der Waals surface area contributed by atoms with Crippen LogP contribution in [0.15, 0.2) is 0 Å². The molecular weight excluding hydrogens is 162 g/mol.